The minimum absolute atomic E-state index is 0.201. The smallest absolute Gasteiger partial charge is 0.407 e. The largest absolute Gasteiger partial charge is 0.443 e. The fraction of sp³-hybridized carbons (Fsp3) is 0.333. The quantitative estimate of drug-likeness (QED) is 0.523. The maximum atomic E-state index is 11.8. The van der Waals surface area contributed by atoms with E-state index in [2.05, 4.69) is 15.2 Å². The standard InChI is InChI=1S/C24H27N5O3S/c25-23(30)19-4-1-3-18(13-19)21-5-2-6-22(28-21)29-11-8-17(9-12-29)7-10-26-24(31)32-14-20-15-33-16-27-20/h1-6,13,15-17H,7-12,14H2,(H2,25,30)(H,26,31). The van der Waals surface area contributed by atoms with E-state index in [1.54, 1.807) is 17.6 Å². The zero-order valence-electron chi connectivity index (χ0n) is 18.3. The molecule has 8 nitrogen and oxygen atoms in total. The third kappa shape index (κ3) is 6.29. The first-order valence-electron chi connectivity index (χ1n) is 11.0. The summed E-state index contributed by atoms with van der Waals surface area (Å²) in [5.74, 6) is 1.03. The number of piperidine rings is 1. The van der Waals surface area contributed by atoms with Crippen LogP contribution >= 0.6 is 11.3 Å². The van der Waals surface area contributed by atoms with Gasteiger partial charge in [0.1, 0.15) is 12.4 Å². The molecule has 3 N–H and O–H groups in total. The Morgan fingerprint density at radius 1 is 1.18 bits per heavy atom. The van der Waals surface area contributed by atoms with Crippen molar-refractivity contribution in [2.45, 2.75) is 25.9 Å². The molecule has 1 fully saturated rings. The van der Waals surface area contributed by atoms with Crippen LogP contribution in [0.25, 0.3) is 11.3 Å². The summed E-state index contributed by atoms with van der Waals surface area (Å²) < 4.78 is 5.17. The second-order valence-corrected chi connectivity index (χ2v) is 8.75. The molecule has 1 saturated heterocycles. The number of ether oxygens (including phenoxy) is 1. The van der Waals surface area contributed by atoms with Crippen LogP contribution in [0.1, 0.15) is 35.3 Å². The number of alkyl carbamates (subject to hydrolysis) is 1. The van der Waals surface area contributed by atoms with Gasteiger partial charge in [-0.15, -0.1) is 11.3 Å². The van der Waals surface area contributed by atoms with E-state index in [9.17, 15) is 9.59 Å². The van der Waals surface area contributed by atoms with Gasteiger partial charge in [-0.25, -0.2) is 14.8 Å². The lowest BCUT2D eigenvalue weighted by Crippen LogP contribution is -2.35. The molecule has 0 aliphatic carbocycles. The van der Waals surface area contributed by atoms with Crippen LogP contribution in [-0.2, 0) is 11.3 Å². The molecular weight excluding hydrogens is 438 g/mol. The van der Waals surface area contributed by atoms with Crippen LogP contribution in [0.3, 0.4) is 0 Å². The van der Waals surface area contributed by atoms with Crippen molar-refractivity contribution >= 4 is 29.2 Å². The number of hydrogen-bond donors (Lipinski definition) is 2. The van der Waals surface area contributed by atoms with Gasteiger partial charge in [-0.05, 0) is 49.4 Å². The molecule has 0 unspecified atom stereocenters. The topological polar surface area (TPSA) is 110 Å². The van der Waals surface area contributed by atoms with Crippen molar-refractivity contribution in [3.63, 3.8) is 0 Å². The normalized spacial score (nSPS) is 14.1. The molecule has 4 rings (SSSR count). The van der Waals surface area contributed by atoms with E-state index in [1.807, 2.05) is 35.7 Å². The van der Waals surface area contributed by atoms with Crippen molar-refractivity contribution in [3.8, 4) is 11.3 Å². The molecule has 33 heavy (non-hydrogen) atoms. The minimum atomic E-state index is -0.447. The summed E-state index contributed by atoms with van der Waals surface area (Å²) in [5.41, 5.74) is 10.1. The van der Waals surface area contributed by atoms with E-state index in [0.717, 1.165) is 55.1 Å². The second kappa shape index (κ2) is 10.9. The Bertz CT molecular complexity index is 1080. The summed E-state index contributed by atoms with van der Waals surface area (Å²) in [6, 6.07) is 13.2. The van der Waals surface area contributed by atoms with E-state index < -0.39 is 12.0 Å². The fourth-order valence-corrected chi connectivity index (χ4v) is 4.46. The Balaban J connectivity index is 1.23. The third-order valence-corrected chi connectivity index (χ3v) is 6.41. The number of carbonyl (C=O) groups excluding carboxylic acids is 2. The number of hydrogen-bond acceptors (Lipinski definition) is 7. The number of nitrogens with one attached hydrogen (secondary N) is 1. The van der Waals surface area contributed by atoms with E-state index >= 15 is 0 Å². The first-order valence-corrected chi connectivity index (χ1v) is 11.9. The lowest BCUT2D eigenvalue weighted by Gasteiger charge is -2.33. The molecule has 2 amide bonds. The number of primary amides is 1. The van der Waals surface area contributed by atoms with Gasteiger partial charge in [0.15, 0.2) is 0 Å². The van der Waals surface area contributed by atoms with Crippen molar-refractivity contribution in [2.24, 2.45) is 11.7 Å². The van der Waals surface area contributed by atoms with Gasteiger partial charge in [-0.1, -0.05) is 18.2 Å². The average molecular weight is 466 g/mol. The molecule has 172 valence electrons. The van der Waals surface area contributed by atoms with Gasteiger partial charge in [-0.3, -0.25) is 4.79 Å². The Kier molecular flexibility index (Phi) is 7.51. The number of benzene rings is 1. The maximum absolute atomic E-state index is 11.8. The Morgan fingerprint density at radius 3 is 2.76 bits per heavy atom. The van der Waals surface area contributed by atoms with E-state index in [1.165, 1.54) is 11.3 Å². The van der Waals surface area contributed by atoms with Crippen molar-refractivity contribution in [1.82, 2.24) is 15.3 Å². The fourth-order valence-electron chi connectivity index (χ4n) is 3.92. The van der Waals surface area contributed by atoms with Gasteiger partial charge in [0, 0.05) is 36.1 Å². The van der Waals surface area contributed by atoms with Crippen LogP contribution in [0.4, 0.5) is 10.6 Å². The summed E-state index contributed by atoms with van der Waals surface area (Å²) >= 11 is 1.48. The highest BCUT2D eigenvalue weighted by Crippen LogP contribution is 2.26. The Morgan fingerprint density at radius 2 is 2.00 bits per heavy atom. The number of pyridine rings is 1. The van der Waals surface area contributed by atoms with Crippen molar-refractivity contribution in [1.29, 1.82) is 0 Å². The number of anilines is 1. The summed E-state index contributed by atoms with van der Waals surface area (Å²) in [7, 11) is 0. The van der Waals surface area contributed by atoms with E-state index in [-0.39, 0.29) is 6.61 Å². The van der Waals surface area contributed by atoms with Crippen molar-refractivity contribution in [2.75, 3.05) is 24.5 Å². The lowest BCUT2D eigenvalue weighted by molar-refractivity contribution is 0.1000. The van der Waals surface area contributed by atoms with Crippen LogP contribution in [0, 0.1) is 5.92 Å². The lowest BCUT2D eigenvalue weighted by atomic mass is 9.93. The molecule has 3 aromatic rings. The predicted octanol–water partition coefficient (Wildman–Crippen LogP) is 3.84. The zero-order valence-corrected chi connectivity index (χ0v) is 19.1. The molecule has 1 aliphatic heterocycles. The van der Waals surface area contributed by atoms with Crippen LogP contribution in [0.5, 0.6) is 0 Å². The molecule has 9 heteroatoms. The maximum Gasteiger partial charge on any atom is 0.407 e. The third-order valence-electron chi connectivity index (χ3n) is 5.77. The number of aromatic nitrogens is 2. The molecule has 1 aliphatic rings. The number of nitrogens with zero attached hydrogens (tertiary/aromatic N) is 3. The molecule has 3 heterocycles. The molecule has 0 saturated carbocycles. The van der Waals surface area contributed by atoms with Crippen LogP contribution in [0.15, 0.2) is 53.4 Å². The van der Waals surface area contributed by atoms with Crippen molar-refractivity contribution < 1.29 is 14.3 Å². The van der Waals surface area contributed by atoms with Gasteiger partial charge in [0.05, 0.1) is 16.9 Å². The number of thiazole rings is 1. The van der Waals surface area contributed by atoms with E-state index in [0.29, 0.717) is 18.0 Å². The summed E-state index contributed by atoms with van der Waals surface area (Å²) in [5, 5.41) is 4.69. The van der Waals surface area contributed by atoms with Gasteiger partial charge in [-0.2, -0.15) is 0 Å². The Hall–Kier alpha value is -3.46. The molecule has 0 atom stereocenters. The number of amides is 2. The highest BCUT2D eigenvalue weighted by Gasteiger charge is 2.20. The van der Waals surface area contributed by atoms with Crippen LogP contribution in [-0.4, -0.2) is 41.6 Å². The van der Waals surface area contributed by atoms with E-state index in [4.69, 9.17) is 15.5 Å². The summed E-state index contributed by atoms with van der Waals surface area (Å²) in [6.07, 6.45) is 2.60. The molecule has 0 radical (unpaired) electrons. The highest BCUT2D eigenvalue weighted by molar-refractivity contribution is 7.07. The minimum Gasteiger partial charge on any atom is -0.443 e. The van der Waals surface area contributed by atoms with Crippen LogP contribution < -0.4 is 16.0 Å². The summed E-state index contributed by atoms with van der Waals surface area (Å²) in [4.78, 5) is 34.5. The van der Waals surface area contributed by atoms with Crippen LogP contribution in [0.2, 0.25) is 0 Å². The summed E-state index contributed by atoms with van der Waals surface area (Å²) in [6.45, 7) is 2.63. The van der Waals surface area contributed by atoms with Gasteiger partial charge >= 0.3 is 6.09 Å². The van der Waals surface area contributed by atoms with Gasteiger partial charge < -0.3 is 20.7 Å². The SMILES string of the molecule is NC(=O)c1cccc(-c2cccc(N3CCC(CCNC(=O)OCc4cscn4)CC3)n2)c1. The van der Waals surface area contributed by atoms with Gasteiger partial charge in [0.25, 0.3) is 0 Å². The predicted molar refractivity (Wildman–Crippen MR) is 128 cm³/mol. The molecular formula is C24H27N5O3S. The average Bonchev–Trinajstić information content (AvgIpc) is 3.37. The number of rotatable bonds is 8. The monoisotopic (exact) mass is 465 g/mol. The molecule has 1 aromatic carbocycles. The van der Waals surface area contributed by atoms with Crippen molar-refractivity contribution in [3.05, 3.63) is 64.6 Å². The number of carbonyl (C=O) groups is 2. The second-order valence-electron chi connectivity index (χ2n) is 8.03. The zero-order chi connectivity index (χ0) is 23.0. The first-order chi connectivity index (χ1) is 16.1. The molecule has 2 aromatic heterocycles. The number of nitrogens with two attached hydrogens (primary N) is 1. The highest BCUT2D eigenvalue weighted by atomic mass is 32.1. The Labute approximate surface area is 196 Å². The molecule has 0 bridgehead atoms. The molecule has 0 spiro atoms. The first kappa shape index (κ1) is 22.7. The van der Waals surface area contributed by atoms with Gasteiger partial charge in [0.2, 0.25) is 5.91 Å².